The van der Waals surface area contributed by atoms with Gasteiger partial charge in [0.15, 0.2) is 5.65 Å². The van der Waals surface area contributed by atoms with Crippen molar-refractivity contribution in [1.29, 1.82) is 0 Å². The van der Waals surface area contributed by atoms with E-state index in [2.05, 4.69) is 20.2 Å². The SMILES string of the molecule is COc1ccccc1CNc1ccc(-c2ccc(NS(C)=O)cc2)c2nncn12. The summed E-state index contributed by atoms with van der Waals surface area (Å²) in [5.41, 5.74) is 4.61. The van der Waals surface area contributed by atoms with E-state index in [0.29, 0.717) is 6.54 Å². The fourth-order valence-electron chi connectivity index (χ4n) is 3.20. The number of nitrogens with zero attached hydrogens (tertiary/aromatic N) is 3. The molecule has 4 aromatic rings. The zero-order valence-electron chi connectivity index (χ0n) is 16.1. The first kappa shape index (κ1) is 18.9. The Morgan fingerprint density at radius 2 is 1.86 bits per heavy atom. The van der Waals surface area contributed by atoms with Gasteiger partial charge in [-0.2, -0.15) is 0 Å². The molecule has 0 saturated carbocycles. The minimum atomic E-state index is -1.10. The number of para-hydroxylation sites is 1. The molecule has 7 nitrogen and oxygen atoms in total. The van der Waals surface area contributed by atoms with Crippen molar-refractivity contribution in [2.75, 3.05) is 23.4 Å². The highest BCUT2D eigenvalue weighted by atomic mass is 32.2. The number of methoxy groups -OCH3 is 1. The summed E-state index contributed by atoms with van der Waals surface area (Å²) in [6, 6.07) is 19.7. The third-order valence-electron chi connectivity index (χ3n) is 4.57. The third kappa shape index (κ3) is 4.07. The normalized spacial score (nSPS) is 11.9. The lowest BCUT2D eigenvalue weighted by Gasteiger charge is -2.13. The highest BCUT2D eigenvalue weighted by molar-refractivity contribution is 7.85. The topological polar surface area (TPSA) is 80.5 Å². The number of hydrogen-bond donors (Lipinski definition) is 2. The van der Waals surface area contributed by atoms with E-state index >= 15 is 0 Å². The maximum atomic E-state index is 11.3. The molecular formula is C21H21N5O2S. The van der Waals surface area contributed by atoms with Crippen LogP contribution in [-0.2, 0) is 17.5 Å². The van der Waals surface area contributed by atoms with Gasteiger partial charge in [0.25, 0.3) is 0 Å². The minimum Gasteiger partial charge on any atom is -0.496 e. The summed E-state index contributed by atoms with van der Waals surface area (Å²) in [5.74, 6) is 1.73. The molecule has 0 bridgehead atoms. The lowest BCUT2D eigenvalue weighted by molar-refractivity contribution is 0.410. The Labute approximate surface area is 171 Å². The Morgan fingerprint density at radius 1 is 1.07 bits per heavy atom. The van der Waals surface area contributed by atoms with E-state index in [9.17, 15) is 4.21 Å². The number of rotatable bonds is 7. The number of nitrogens with one attached hydrogen (secondary N) is 2. The second-order valence-electron chi connectivity index (χ2n) is 6.46. The van der Waals surface area contributed by atoms with E-state index < -0.39 is 11.0 Å². The van der Waals surface area contributed by atoms with Gasteiger partial charge in [0.1, 0.15) is 28.9 Å². The molecule has 148 valence electrons. The average molecular weight is 407 g/mol. The van der Waals surface area contributed by atoms with Crippen molar-refractivity contribution in [3.63, 3.8) is 0 Å². The number of fused-ring (bicyclic) bond motifs is 1. The van der Waals surface area contributed by atoms with Gasteiger partial charge in [-0.15, -0.1) is 10.2 Å². The smallest absolute Gasteiger partial charge is 0.170 e. The van der Waals surface area contributed by atoms with Crippen LogP contribution in [0.2, 0.25) is 0 Å². The fraction of sp³-hybridized carbons (Fsp3) is 0.143. The zero-order chi connectivity index (χ0) is 20.2. The summed E-state index contributed by atoms with van der Waals surface area (Å²) >= 11 is 0. The summed E-state index contributed by atoms with van der Waals surface area (Å²) < 4.78 is 21.5. The van der Waals surface area contributed by atoms with Crippen molar-refractivity contribution in [2.45, 2.75) is 6.54 Å². The Kier molecular flexibility index (Phi) is 5.44. The predicted octanol–water partition coefficient (Wildman–Crippen LogP) is 3.72. The van der Waals surface area contributed by atoms with Crippen LogP contribution in [0.1, 0.15) is 5.56 Å². The largest absolute Gasteiger partial charge is 0.496 e. The predicted molar refractivity (Wildman–Crippen MR) is 116 cm³/mol. The maximum Gasteiger partial charge on any atom is 0.170 e. The number of aromatic nitrogens is 3. The van der Waals surface area contributed by atoms with Crippen molar-refractivity contribution in [1.82, 2.24) is 14.6 Å². The molecule has 2 aromatic carbocycles. The quantitative estimate of drug-likeness (QED) is 0.488. The van der Waals surface area contributed by atoms with Crippen molar-refractivity contribution in [3.8, 4) is 16.9 Å². The van der Waals surface area contributed by atoms with Crippen molar-refractivity contribution in [3.05, 3.63) is 72.6 Å². The molecule has 29 heavy (non-hydrogen) atoms. The standard InChI is InChI=1S/C21H21N5O2S/c1-28-19-6-4-3-5-16(19)13-22-20-12-11-18(21-24-23-14-26(20)21)15-7-9-17(10-8-15)25-29(2)27/h3-12,14,22,25H,13H2,1-2H3. The molecule has 0 saturated heterocycles. The molecule has 4 rings (SSSR count). The molecule has 2 N–H and O–H groups in total. The van der Waals surface area contributed by atoms with Crippen LogP contribution in [0.4, 0.5) is 11.5 Å². The molecule has 1 atom stereocenters. The first-order valence-corrected chi connectivity index (χ1v) is 10.6. The van der Waals surface area contributed by atoms with Crippen LogP contribution in [-0.4, -0.2) is 32.2 Å². The maximum absolute atomic E-state index is 11.3. The molecule has 0 aliphatic carbocycles. The molecule has 0 radical (unpaired) electrons. The molecule has 2 aromatic heterocycles. The Hall–Kier alpha value is -3.39. The van der Waals surface area contributed by atoms with Crippen LogP contribution in [0.25, 0.3) is 16.8 Å². The molecule has 0 fully saturated rings. The molecule has 0 aliphatic rings. The Morgan fingerprint density at radius 3 is 2.62 bits per heavy atom. The third-order valence-corrected chi connectivity index (χ3v) is 5.09. The Bertz CT molecular complexity index is 1160. The van der Waals surface area contributed by atoms with Crippen molar-refractivity contribution < 1.29 is 8.95 Å². The number of ether oxygens (including phenoxy) is 1. The molecule has 0 spiro atoms. The van der Waals surface area contributed by atoms with Crippen LogP contribution < -0.4 is 14.8 Å². The van der Waals surface area contributed by atoms with Gasteiger partial charge < -0.3 is 14.8 Å². The second kappa shape index (κ2) is 8.32. The van der Waals surface area contributed by atoms with Gasteiger partial charge >= 0.3 is 0 Å². The Balaban J connectivity index is 1.61. The van der Waals surface area contributed by atoms with E-state index in [0.717, 1.165) is 39.6 Å². The highest BCUT2D eigenvalue weighted by Gasteiger charge is 2.11. The number of pyridine rings is 1. The second-order valence-corrected chi connectivity index (χ2v) is 7.57. The van der Waals surface area contributed by atoms with Crippen LogP contribution in [0, 0.1) is 0 Å². The van der Waals surface area contributed by atoms with E-state index in [1.165, 1.54) is 0 Å². The molecule has 8 heteroatoms. The first-order chi connectivity index (χ1) is 14.2. The molecule has 2 heterocycles. The highest BCUT2D eigenvalue weighted by Crippen LogP contribution is 2.28. The summed E-state index contributed by atoms with van der Waals surface area (Å²) in [7, 11) is 0.570. The number of hydrogen-bond acceptors (Lipinski definition) is 5. The summed E-state index contributed by atoms with van der Waals surface area (Å²) in [6.45, 7) is 0.616. The van der Waals surface area contributed by atoms with E-state index in [1.807, 2.05) is 65.1 Å². The van der Waals surface area contributed by atoms with E-state index in [1.54, 1.807) is 19.7 Å². The van der Waals surface area contributed by atoms with Crippen LogP contribution in [0.3, 0.4) is 0 Å². The molecular weight excluding hydrogens is 386 g/mol. The van der Waals surface area contributed by atoms with Crippen molar-refractivity contribution in [2.24, 2.45) is 0 Å². The summed E-state index contributed by atoms with van der Waals surface area (Å²) in [6.07, 6.45) is 3.30. The van der Waals surface area contributed by atoms with Gasteiger partial charge in [-0.3, -0.25) is 4.40 Å². The first-order valence-electron chi connectivity index (χ1n) is 9.05. The fourth-order valence-corrected chi connectivity index (χ4v) is 3.67. The number of anilines is 2. The van der Waals surface area contributed by atoms with Crippen LogP contribution >= 0.6 is 0 Å². The van der Waals surface area contributed by atoms with Gasteiger partial charge in [-0.25, -0.2) is 4.21 Å². The van der Waals surface area contributed by atoms with Gasteiger partial charge in [-0.1, -0.05) is 30.3 Å². The van der Waals surface area contributed by atoms with E-state index in [-0.39, 0.29) is 0 Å². The van der Waals surface area contributed by atoms with Gasteiger partial charge in [0, 0.05) is 29.6 Å². The van der Waals surface area contributed by atoms with Gasteiger partial charge in [0.05, 0.1) is 7.11 Å². The monoisotopic (exact) mass is 407 g/mol. The lowest BCUT2D eigenvalue weighted by Crippen LogP contribution is -2.05. The molecule has 0 aliphatic heterocycles. The van der Waals surface area contributed by atoms with Gasteiger partial charge in [-0.05, 0) is 35.9 Å². The van der Waals surface area contributed by atoms with Gasteiger partial charge in [0.2, 0.25) is 0 Å². The average Bonchev–Trinajstić information content (AvgIpc) is 3.23. The number of benzene rings is 2. The molecule has 1 unspecified atom stereocenters. The summed E-state index contributed by atoms with van der Waals surface area (Å²) in [4.78, 5) is 0. The van der Waals surface area contributed by atoms with E-state index in [4.69, 9.17) is 4.74 Å². The molecule has 0 amide bonds. The summed E-state index contributed by atoms with van der Waals surface area (Å²) in [5, 5.41) is 11.8. The lowest BCUT2D eigenvalue weighted by atomic mass is 10.1. The zero-order valence-corrected chi connectivity index (χ0v) is 16.9. The van der Waals surface area contributed by atoms with Crippen LogP contribution in [0.15, 0.2) is 67.0 Å². The van der Waals surface area contributed by atoms with Crippen LogP contribution in [0.5, 0.6) is 5.75 Å². The minimum absolute atomic E-state index is 0.616. The van der Waals surface area contributed by atoms with Crippen molar-refractivity contribution >= 4 is 28.1 Å².